The predicted molar refractivity (Wildman–Crippen MR) is 91.3 cm³/mol. The number of hydrogen-bond donors (Lipinski definition) is 0. The minimum atomic E-state index is -0.261. The molecule has 2 nitrogen and oxygen atoms in total. The largest absolute Gasteiger partial charge is 0.462 e. The number of carbonyl (C=O) groups is 1. The topological polar surface area (TPSA) is 26.3 Å². The van der Waals surface area contributed by atoms with Gasteiger partial charge in [-0.15, -0.1) is 0 Å². The van der Waals surface area contributed by atoms with E-state index in [1.807, 2.05) is 0 Å². The minimum absolute atomic E-state index is 0.261. The van der Waals surface area contributed by atoms with E-state index in [-0.39, 0.29) is 5.97 Å². The summed E-state index contributed by atoms with van der Waals surface area (Å²) in [5.41, 5.74) is 0.486. The minimum Gasteiger partial charge on any atom is -0.462 e. The number of unbranched alkanes of at least 4 members (excludes halogenated alkanes) is 4. The van der Waals surface area contributed by atoms with Crippen molar-refractivity contribution in [2.75, 3.05) is 6.61 Å². The Hall–Kier alpha value is -0.790. The maximum atomic E-state index is 11.3. The Morgan fingerprint density at radius 2 is 1.52 bits per heavy atom. The van der Waals surface area contributed by atoms with E-state index in [4.69, 9.17) is 4.74 Å². The average Bonchev–Trinajstić information content (AvgIpc) is 2.44. The Kier molecular flexibility index (Phi) is 12.4. The monoisotopic (exact) mass is 296 g/mol. The van der Waals surface area contributed by atoms with E-state index in [0.717, 1.165) is 12.3 Å². The van der Waals surface area contributed by atoms with Gasteiger partial charge in [0, 0.05) is 5.57 Å². The van der Waals surface area contributed by atoms with Gasteiger partial charge in [-0.25, -0.2) is 4.79 Å². The summed E-state index contributed by atoms with van der Waals surface area (Å²) in [5.74, 6) is 1.19. The summed E-state index contributed by atoms with van der Waals surface area (Å²) in [6.07, 6.45) is 11.7. The van der Waals surface area contributed by atoms with Crippen LogP contribution in [0, 0.1) is 11.8 Å². The molecule has 0 aliphatic carbocycles. The zero-order valence-electron chi connectivity index (χ0n) is 14.7. The SMILES string of the molecule is C=C(C)C(=O)OCCC(C)CCC(C)CCCCCCC. The Balaban J connectivity index is 3.52. The van der Waals surface area contributed by atoms with Crippen molar-refractivity contribution in [2.45, 2.75) is 85.5 Å². The van der Waals surface area contributed by atoms with Crippen molar-refractivity contribution in [3.63, 3.8) is 0 Å². The Labute approximate surface area is 132 Å². The maximum Gasteiger partial charge on any atom is 0.333 e. The van der Waals surface area contributed by atoms with Gasteiger partial charge < -0.3 is 4.74 Å². The lowest BCUT2D eigenvalue weighted by Crippen LogP contribution is -2.09. The molecule has 0 heterocycles. The first-order valence-corrected chi connectivity index (χ1v) is 8.80. The third-order valence-electron chi connectivity index (χ3n) is 4.15. The van der Waals surface area contributed by atoms with E-state index in [1.54, 1.807) is 6.92 Å². The normalized spacial score (nSPS) is 13.7. The third-order valence-corrected chi connectivity index (χ3v) is 4.15. The molecule has 0 amide bonds. The second-order valence-electron chi connectivity index (χ2n) is 6.70. The van der Waals surface area contributed by atoms with Crippen molar-refractivity contribution < 1.29 is 9.53 Å². The van der Waals surface area contributed by atoms with Gasteiger partial charge in [0.15, 0.2) is 0 Å². The molecule has 0 aromatic carbocycles. The van der Waals surface area contributed by atoms with E-state index in [1.165, 1.54) is 51.4 Å². The number of esters is 1. The van der Waals surface area contributed by atoms with Crippen molar-refractivity contribution in [2.24, 2.45) is 11.8 Å². The summed E-state index contributed by atoms with van der Waals surface area (Å²) in [7, 11) is 0. The third kappa shape index (κ3) is 12.6. The zero-order chi connectivity index (χ0) is 16.1. The van der Waals surface area contributed by atoms with Crippen LogP contribution in [0.5, 0.6) is 0 Å². The van der Waals surface area contributed by atoms with Crippen LogP contribution in [0.4, 0.5) is 0 Å². The van der Waals surface area contributed by atoms with Gasteiger partial charge in [-0.1, -0.05) is 78.7 Å². The molecule has 0 aromatic rings. The van der Waals surface area contributed by atoms with Gasteiger partial charge in [-0.2, -0.15) is 0 Å². The van der Waals surface area contributed by atoms with Gasteiger partial charge in [0.25, 0.3) is 0 Å². The van der Waals surface area contributed by atoms with Gasteiger partial charge >= 0.3 is 5.97 Å². The van der Waals surface area contributed by atoms with Crippen LogP contribution < -0.4 is 0 Å². The molecule has 0 saturated heterocycles. The van der Waals surface area contributed by atoms with Gasteiger partial charge in [0.1, 0.15) is 0 Å². The average molecular weight is 296 g/mol. The highest BCUT2D eigenvalue weighted by molar-refractivity contribution is 5.86. The van der Waals surface area contributed by atoms with Crippen LogP contribution in [0.15, 0.2) is 12.2 Å². The van der Waals surface area contributed by atoms with E-state index in [9.17, 15) is 4.79 Å². The van der Waals surface area contributed by atoms with Crippen LogP contribution in [0.25, 0.3) is 0 Å². The lowest BCUT2D eigenvalue weighted by Gasteiger charge is -2.15. The molecular formula is C19H36O2. The van der Waals surface area contributed by atoms with Crippen LogP contribution in [0.1, 0.15) is 85.5 Å². The molecule has 0 N–H and O–H groups in total. The lowest BCUT2D eigenvalue weighted by molar-refractivity contribution is -0.139. The van der Waals surface area contributed by atoms with Gasteiger partial charge in [-0.3, -0.25) is 0 Å². The predicted octanol–water partition coefficient (Wildman–Crippen LogP) is 5.91. The number of carbonyl (C=O) groups excluding carboxylic acids is 1. The van der Waals surface area contributed by atoms with Crippen molar-refractivity contribution in [1.82, 2.24) is 0 Å². The molecule has 0 fully saturated rings. The molecule has 2 unspecified atom stereocenters. The maximum absolute atomic E-state index is 11.3. The fourth-order valence-corrected chi connectivity index (χ4v) is 2.43. The van der Waals surface area contributed by atoms with Crippen molar-refractivity contribution >= 4 is 5.97 Å². The molecule has 124 valence electrons. The van der Waals surface area contributed by atoms with Gasteiger partial charge in [0.2, 0.25) is 0 Å². The molecule has 2 atom stereocenters. The van der Waals surface area contributed by atoms with Crippen LogP contribution in [-0.4, -0.2) is 12.6 Å². The summed E-state index contributed by atoms with van der Waals surface area (Å²) in [4.78, 5) is 11.3. The first-order chi connectivity index (χ1) is 9.97. The zero-order valence-corrected chi connectivity index (χ0v) is 14.7. The molecule has 0 aromatic heterocycles. The molecule has 0 bridgehead atoms. The van der Waals surface area contributed by atoms with E-state index < -0.39 is 0 Å². The van der Waals surface area contributed by atoms with Crippen LogP contribution in [-0.2, 0) is 9.53 Å². The Morgan fingerprint density at radius 1 is 0.952 bits per heavy atom. The van der Waals surface area contributed by atoms with E-state index in [2.05, 4.69) is 27.4 Å². The highest BCUT2D eigenvalue weighted by Crippen LogP contribution is 2.20. The summed E-state index contributed by atoms with van der Waals surface area (Å²) in [6, 6.07) is 0. The molecule has 0 aliphatic rings. The molecule has 0 spiro atoms. The highest BCUT2D eigenvalue weighted by Gasteiger charge is 2.09. The van der Waals surface area contributed by atoms with Crippen molar-refractivity contribution in [3.8, 4) is 0 Å². The number of ether oxygens (including phenoxy) is 1. The Morgan fingerprint density at radius 3 is 2.10 bits per heavy atom. The molecule has 0 saturated carbocycles. The standard InChI is InChI=1S/C19H36O2/c1-6-7-8-9-10-11-17(4)12-13-18(5)14-15-21-19(20)16(2)3/h17-18H,2,6-15H2,1,3-5H3. The lowest BCUT2D eigenvalue weighted by atomic mass is 9.92. The molecule has 0 rings (SSSR count). The molecule has 21 heavy (non-hydrogen) atoms. The van der Waals surface area contributed by atoms with E-state index >= 15 is 0 Å². The van der Waals surface area contributed by atoms with Crippen LogP contribution in [0.2, 0.25) is 0 Å². The summed E-state index contributed by atoms with van der Waals surface area (Å²) in [5, 5.41) is 0. The smallest absolute Gasteiger partial charge is 0.333 e. The van der Waals surface area contributed by atoms with Crippen molar-refractivity contribution in [3.05, 3.63) is 12.2 Å². The fourth-order valence-electron chi connectivity index (χ4n) is 2.43. The molecule has 2 heteroatoms. The van der Waals surface area contributed by atoms with Crippen LogP contribution >= 0.6 is 0 Å². The Bertz CT molecular complexity index is 283. The first kappa shape index (κ1) is 20.2. The fraction of sp³-hybridized carbons (Fsp3) is 0.842. The van der Waals surface area contributed by atoms with Crippen LogP contribution in [0.3, 0.4) is 0 Å². The van der Waals surface area contributed by atoms with Gasteiger partial charge in [0.05, 0.1) is 6.61 Å². The summed E-state index contributed by atoms with van der Waals surface area (Å²) < 4.78 is 5.14. The highest BCUT2D eigenvalue weighted by atomic mass is 16.5. The molecule has 0 radical (unpaired) electrons. The first-order valence-electron chi connectivity index (χ1n) is 8.80. The molecule has 0 aliphatic heterocycles. The van der Waals surface area contributed by atoms with Crippen molar-refractivity contribution in [1.29, 1.82) is 0 Å². The quantitative estimate of drug-likeness (QED) is 0.240. The van der Waals surface area contributed by atoms with E-state index in [0.29, 0.717) is 18.1 Å². The molecular weight excluding hydrogens is 260 g/mol. The summed E-state index contributed by atoms with van der Waals surface area (Å²) in [6.45, 7) is 12.7. The second kappa shape index (κ2) is 12.9. The number of hydrogen-bond acceptors (Lipinski definition) is 2. The van der Waals surface area contributed by atoms with Gasteiger partial charge in [-0.05, 0) is 25.2 Å². The second-order valence-corrected chi connectivity index (χ2v) is 6.70. The number of rotatable bonds is 13. The summed E-state index contributed by atoms with van der Waals surface area (Å²) >= 11 is 0.